The molecule has 0 unspecified atom stereocenters. The van der Waals surface area contributed by atoms with Crippen LogP contribution in [0.5, 0.6) is 0 Å². The second kappa shape index (κ2) is 4.92. The fourth-order valence-electron chi connectivity index (χ4n) is 1.11. The summed E-state index contributed by atoms with van der Waals surface area (Å²) in [6.45, 7) is 0.669. The zero-order chi connectivity index (χ0) is 10.7. The second-order valence-corrected chi connectivity index (χ2v) is 4.98. The molecule has 0 saturated carbocycles. The monoisotopic (exact) mass is 303 g/mol. The lowest BCUT2D eigenvalue weighted by Gasteiger charge is -2.05. The van der Waals surface area contributed by atoms with Crippen LogP contribution in [0.4, 0.5) is 5.00 Å². The molecule has 2 aromatic rings. The van der Waals surface area contributed by atoms with Gasteiger partial charge in [-0.3, -0.25) is 0 Å². The number of halogens is 2. The van der Waals surface area contributed by atoms with E-state index in [1.807, 2.05) is 18.2 Å². The summed E-state index contributed by atoms with van der Waals surface area (Å²) >= 11 is 10.8. The predicted octanol–water partition coefficient (Wildman–Crippen LogP) is 3.57. The summed E-state index contributed by atoms with van der Waals surface area (Å²) in [5.41, 5.74) is 1.04. The topological polar surface area (TPSA) is 37.8 Å². The van der Waals surface area contributed by atoms with E-state index in [9.17, 15) is 0 Å². The summed E-state index contributed by atoms with van der Waals surface area (Å²) in [5.74, 6) is 0. The Labute approximate surface area is 105 Å². The summed E-state index contributed by atoms with van der Waals surface area (Å²) in [6.07, 6.45) is 1.69. The lowest BCUT2D eigenvalue weighted by atomic mass is 10.2. The molecular weight excluding hydrogens is 298 g/mol. The molecule has 0 amide bonds. The van der Waals surface area contributed by atoms with Crippen molar-refractivity contribution >= 4 is 44.1 Å². The van der Waals surface area contributed by atoms with E-state index in [4.69, 9.17) is 11.6 Å². The third kappa shape index (κ3) is 2.90. The van der Waals surface area contributed by atoms with Crippen molar-refractivity contribution in [2.45, 2.75) is 6.54 Å². The van der Waals surface area contributed by atoms with Gasteiger partial charge in [-0.15, -0.1) is 5.10 Å². The summed E-state index contributed by atoms with van der Waals surface area (Å²) < 4.78 is 4.78. The number of anilines is 1. The maximum absolute atomic E-state index is 6.05. The van der Waals surface area contributed by atoms with Crippen LogP contribution in [0.2, 0.25) is 5.02 Å². The van der Waals surface area contributed by atoms with Gasteiger partial charge in [0, 0.05) is 27.6 Å². The summed E-state index contributed by atoms with van der Waals surface area (Å²) in [4.78, 5) is 0. The highest BCUT2D eigenvalue weighted by Crippen LogP contribution is 2.22. The molecule has 0 bridgehead atoms. The predicted molar refractivity (Wildman–Crippen MR) is 66.4 cm³/mol. The van der Waals surface area contributed by atoms with Crippen LogP contribution in [0.3, 0.4) is 0 Å². The van der Waals surface area contributed by atoms with Gasteiger partial charge < -0.3 is 5.32 Å². The first kappa shape index (κ1) is 10.9. The van der Waals surface area contributed by atoms with Crippen molar-refractivity contribution in [1.29, 1.82) is 0 Å². The summed E-state index contributed by atoms with van der Waals surface area (Å²) in [5, 5.41) is 8.62. The first-order valence-electron chi connectivity index (χ1n) is 4.21. The highest BCUT2D eigenvalue weighted by atomic mass is 79.9. The van der Waals surface area contributed by atoms with Gasteiger partial charge in [-0.2, -0.15) is 0 Å². The fraction of sp³-hybridized carbons (Fsp3) is 0.111. The van der Waals surface area contributed by atoms with Crippen molar-refractivity contribution in [2.24, 2.45) is 0 Å². The molecule has 1 aromatic heterocycles. The second-order valence-electron chi connectivity index (χ2n) is 2.87. The van der Waals surface area contributed by atoms with Crippen LogP contribution in [0, 0.1) is 0 Å². The van der Waals surface area contributed by atoms with Crippen LogP contribution < -0.4 is 5.32 Å². The molecule has 0 radical (unpaired) electrons. The number of nitrogens with one attached hydrogen (secondary N) is 1. The molecule has 0 saturated heterocycles. The number of hydrogen-bond acceptors (Lipinski definition) is 4. The van der Waals surface area contributed by atoms with Crippen molar-refractivity contribution < 1.29 is 0 Å². The van der Waals surface area contributed by atoms with Gasteiger partial charge >= 0.3 is 0 Å². The van der Waals surface area contributed by atoms with E-state index >= 15 is 0 Å². The smallest absolute Gasteiger partial charge is 0.130 e. The zero-order valence-corrected chi connectivity index (χ0v) is 10.7. The Kier molecular flexibility index (Phi) is 3.56. The number of benzene rings is 1. The fourth-order valence-corrected chi connectivity index (χ4v) is 2.11. The maximum atomic E-state index is 6.05. The van der Waals surface area contributed by atoms with E-state index in [0.29, 0.717) is 6.54 Å². The maximum Gasteiger partial charge on any atom is 0.130 e. The molecule has 0 aliphatic carbocycles. The lowest BCUT2D eigenvalue weighted by molar-refractivity contribution is 1.13. The number of nitrogens with zero attached hydrogens (tertiary/aromatic N) is 2. The molecule has 78 valence electrons. The van der Waals surface area contributed by atoms with E-state index in [2.05, 4.69) is 30.8 Å². The average Bonchev–Trinajstić information content (AvgIpc) is 2.72. The number of aromatic nitrogens is 2. The Bertz CT molecular complexity index is 447. The molecule has 0 spiro atoms. The molecule has 0 fully saturated rings. The van der Waals surface area contributed by atoms with Gasteiger partial charge in [-0.05, 0) is 23.8 Å². The summed E-state index contributed by atoms with van der Waals surface area (Å²) in [6, 6.07) is 5.78. The van der Waals surface area contributed by atoms with Gasteiger partial charge in [0.2, 0.25) is 0 Å². The van der Waals surface area contributed by atoms with Gasteiger partial charge in [0.15, 0.2) is 0 Å². The van der Waals surface area contributed by atoms with Gasteiger partial charge in [0.1, 0.15) is 5.00 Å². The van der Waals surface area contributed by atoms with E-state index in [-0.39, 0.29) is 0 Å². The molecule has 0 aliphatic heterocycles. The third-order valence-electron chi connectivity index (χ3n) is 1.82. The van der Waals surface area contributed by atoms with E-state index in [1.54, 1.807) is 6.20 Å². The molecule has 1 heterocycles. The van der Waals surface area contributed by atoms with E-state index < -0.39 is 0 Å². The Morgan fingerprint density at radius 1 is 1.47 bits per heavy atom. The molecule has 0 aliphatic rings. The molecular formula is C9H7BrClN3S. The standard InChI is InChI=1S/C9H7BrClN3S/c10-7-1-2-8(11)6(3-7)4-12-9-5-13-14-15-9/h1-3,5,12H,4H2. The van der Waals surface area contributed by atoms with Gasteiger partial charge in [0.25, 0.3) is 0 Å². The molecule has 2 rings (SSSR count). The van der Waals surface area contributed by atoms with Crippen molar-refractivity contribution in [3.63, 3.8) is 0 Å². The molecule has 15 heavy (non-hydrogen) atoms. The largest absolute Gasteiger partial charge is 0.370 e. The van der Waals surface area contributed by atoms with Crippen LogP contribution in [-0.2, 0) is 6.54 Å². The van der Waals surface area contributed by atoms with E-state index in [1.165, 1.54) is 11.5 Å². The first-order chi connectivity index (χ1) is 7.25. The first-order valence-corrected chi connectivity index (χ1v) is 6.15. The third-order valence-corrected chi connectivity index (χ3v) is 3.31. The van der Waals surface area contributed by atoms with Crippen LogP contribution in [0.1, 0.15) is 5.56 Å². The molecule has 6 heteroatoms. The van der Waals surface area contributed by atoms with Crippen LogP contribution >= 0.6 is 39.1 Å². The number of rotatable bonds is 3. The minimum Gasteiger partial charge on any atom is -0.370 e. The van der Waals surface area contributed by atoms with Crippen LogP contribution in [0.15, 0.2) is 28.9 Å². The van der Waals surface area contributed by atoms with Crippen molar-refractivity contribution in [3.8, 4) is 0 Å². The van der Waals surface area contributed by atoms with Gasteiger partial charge in [-0.25, -0.2) is 0 Å². The van der Waals surface area contributed by atoms with Gasteiger partial charge in [0.05, 0.1) is 6.20 Å². The quantitative estimate of drug-likeness (QED) is 0.942. The Balaban J connectivity index is 2.07. The normalized spacial score (nSPS) is 10.3. The lowest BCUT2D eigenvalue weighted by Crippen LogP contribution is -1.98. The molecule has 1 N–H and O–H groups in total. The Morgan fingerprint density at radius 2 is 2.33 bits per heavy atom. The van der Waals surface area contributed by atoms with Gasteiger partial charge in [-0.1, -0.05) is 32.0 Å². The van der Waals surface area contributed by atoms with Crippen LogP contribution in [-0.4, -0.2) is 9.59 Å². The average molecular weight is 305 g/mol. The Hall–Kier alpha value is -0.650. The molecule has 1 aromatic carbocycles. The SMILES string of the molecule is Clc1ccc(Br)cc1CNc1cnns1. The van der Waals surface area contributed by atoms with Crippen molar-refractivity contribution in [1.82, 2.24) is 9.59 Å². The zero-order valence-electron chi connectivity index (χ0n) is 7.58. The summed E-state index contributed by atoms with van der Waals surface area (Å²) in [7, 11) is 0. The number of hydrogen-bond donors (Lipinski definition) is 1. The minimum atomic E-state index is 0.669. The van der Waals surface area contributed by atoms with Crippen molar-refractivity contribution in [3.05, 3.63) is 39.5 Å². The molecule has 0 atom stereocenters. The van der Waals surface area contributed by atoms with Crippen molar-refractivity contribution in [2.75, 3.05) is 5.32 Å². The highest BCUT2D eigenvalue weighted by molar-refractivity contribution is 9.10. The highest BCUT2D eigenvalue weighted by Gasteiger charge is 2.01. The van der Waals surface area contributed by atoms with E-state index in [0.717, 1.165) is 20.1 Å². The minimum absolute atomic E-state index is 0.669. The Morgan fingerprint density at radius 3 is 3.07 bits per heavy atom. The molecule has 3 nitrogen and oxygen atoms in total. The van der Waals surface area contributed by atoms with Crippen LogP contribution in [0.25, 0.3) is 0 Å².